The fourth-order valence-corrected chi connectivity index (χ4v) is 3.62. The molecule has 6 nitrogen and oxygen atoms in total. The Morgan fingerprint density at radius 3 is 2.10 bits per heavy atom. The van der Waals surface area contributed by atoms with Crippen molar-refractivity contribution in [2.24, 2.45) is 0 Å². The molecular weight excluding hydrogens is 436 g/mol. The normalized spacial score (nSPS) is 16.4. The van der Waals surface area contributed by atoms with E-state index in [1.54, 1.807) is 12.1 Å². The van der Waals surface area contributed by atoms with Crippen LogP contribution in [0.3, 0.4) is 0 Å². The van der Waals surface area contributed by atoms with Crippen molar-refractivity contribution >= 4 is 33.3 Å². The number of carbonyl (C=O) groups excluding carboxylic acids is 2. The van der Waals surface area contributed by atoms with Gasteiger partial charge in [0.1, 0.15) is 0 Å². The molecule has 2 N–H and O–H groups in total. The first-order chi connectivity index (χ1) is 13.8. The van der Waals surface area contributed by atoms with Gasteiger partial charge in [-0.1, -0.05) is 34.1 Å². The molecule has 0 saturated carbocycles. The summed E-state index contributed by atoms with van der Waals surface area (Å²) >= 11 is 3.28. The maximum atomic E-state index is 12.6. The molecule has 1 saturated heterocycles. The van der Waals surface area contributed by atoms with Gasteiger partial charge < -0.3 is 20.0 Å². The summed E-state index contributed by atoms with van der Waals surface area (Å²) in [7, 11) is 0. The molecule has 2 aromatic rings. The molecule has 1 unspecified atom stereocenters. The Labute approximate surface area is 178 Å². The van der Waals surface area contributed by atoms with E-state index in [0.717, 1.165) is 10.2 Å². The number of amides is 1. The van der Waals surface area contributed by atoms with Crippen LogP contribution in [0.5, 0.6) is 0 Å². The fraction of sp³-hybridized carbons (Fsp3) is 0.364. The number of piperazine rings is 1. The third kappa shape index (κ3) is 4.86. The van der Waals surface area contributed by atoms with Crippen LogP contribution in [-0.4, -0.2) is 65.2 Å². The first-order valence-electron chi connectivity index (χ1n) is 9.55. The molecule has 154 valence electrons. The second-order valence-electron chi connectivity index (χ2n) is 7.34. The first-order valence-corrected chi connectivity index (χ1v) is 10.3. The van der Waals surface area contributed by atoms with E-state index in [9.17, 15) is 19.8 Å². The molecule has 3 rings (SSSR count). The molecule has 1 fully saturated rings. The highest BCUT2D eigenvalue weighted by molar-refractivity contribution is 9.10. The smallest absolute Gasteiger partial charge is 0.254 e. The van der Waals surface area contributed by atoms with Crippen LogP contribution in [0.1, 0.15) is 21.5 Å². The minimum atomic E-state index is -1.79. The van der Waals surface area contributed by atoms with Crippen LogP contribution in [0.15, 0.2) is 46.9 Å². The number of nitrogens with zero attached hydrogens (tertiary/aromatic N) is 2. The Bertz CT molecular complexity index is 892. The second-order valence-corrected chi connectivity index (χ2v) is 8.26. The molecule has 0 aliphatic carbocycles. The molecule has 7 heteroatoms. The number of Topliss-reactive ketones (excluding diaryl/α,β-unsaturated/α-hetero) is 1. The van der Waals surface area contributed by atoms with E-state index in [2.05, 4.69) is 52.9 Å². The van der Waals surface area contributed by atoms with Gasteiger partial charge in [0.25, 0.3) is 5.91 Å². The summed E-state index contributed by atoms with van der Waals surface area (Å²) in [4.78, 5) is 28.7. The summed E-state index contributed by atoms with van der Waals surface area (Å²) in [6, 6.07) is 12.7. The van der Waals surface area contributed by atoms with E-state index >= 15 is 0 Å². The number of benzene rings is 2. The second kappa shape index (κ2) is 9.07. The molecule has 0 spiro atoms. The molecule has 2 aromatic carbocycles. The minimum absolute atomic E-state index is 0.243. The third-order valence-electron chi connectivity index (χ3n) is 5.40. The van der Waals surface area contributed by atoms with Crippen LogP contribution in [0.4, 0.5) is 5.69 Å². The summed E-state index contributed by atoms with van der Waals surface area (Å²) in [5.74, 6) is -1.30. The first kappa shape index (κ1) is 21.5. The van der Waals surface area contributed by atoms with Crippen LogP contribution >= 0.6 is 15.9 Å². The van der Waals surface area contributed by atoms with Gasteiger partial charge in [0.2, 0.25) is 0 Å². The highest BCUT2D eigenvalue weighted by Crippen LogP contribution is 2.21. The van der Waals surface area contributed by atoms with Crippen molar-refractivity contribution in [3.8, 4) is 0 Å². The Balaban J connectivity index is 1.59. The van der Waals surface area contributed by atoms with Crippen LogP contribution in [0, 0.1) is 13.8 Å². The molecule has 1 aliphatic heterocycles. The van der Waals surface area contributed by atoms with Crippen LogP contribution in [0.2, 0.25) is 0 Å². The van der Waals surface area contributed by atoms with Gasteiger partial charge in [-0.05, 0) is 49.2 Å². The van der Waals surface area contributed by atoms with Gasteiger partial charge in [-0.15, -0.1) is 0 Å². The van der Waals surface area contributed by atoms with Gasteiger partial charge in [-0.2, -0.15) is 0 Å². The Morgan fingerprint density at radius 2 is 1.52 bits per heavy atom. The van der Waals surface area contributed by atoms with Crippen LogP contribution in [-0.2, 0) is 4.79 Å². The van der Waals surface area contributed by atoms with Crippen molar-refractivity contribution in [1.82, 2.24) is 4.90 Å². The van der Waals surface area contributed by atoms with Crippen molar-refractivity contribution in [2.75, 3.05) is 31.1 Å². The number of halogens is 1. The highest BCUT2D eigenvalue weighted by atomic mass is 79.9. The van der Waals surface area contributed by atoms with Crippen molar-refractivity contribution in [3.63, 3.8) is 0 Å². The maximum Gasteiger partial charge on any atom is 0.254 e. The summed E-state index contributed by atoms with van der Waals surface area (Å²) < 4.78 is 0.793. The van der Waals surface area contributed by atoms with Crippen molar-refractivity contribution < 1.29 is 19.8 Å². The molecule has 0 radical (unpaired) electrons. The average molecular weight is 461 g/mol. The van der Waals surface area contributed by atoms with Gasteiger partial charge in [0.15, 0.2) is 18.0 Å². The van der Waals surface area contributed by atoms with Gasteiger partial charge in [0, 0.05) is 41.9 Å². The molecular formula is C22H25BrN2O4. The number of hydrogen-bond donors (Lipinski definition) is 2. The van der Waals surface area contributed by atoms with Crippen molar-refractivity contribution in [1.29, 1.82) is 0 Å². The average Bonchev–Trinajstić information content (AvgIpc) is 2.74. The number of ketones is 1. The summed E-state index contributed by atoms with van der Waals surface area (Å²) in [6.07, 6.45) is -3.57. The van der Waals surface area contributed by atoms with E-state index in [4.69, 9.17) is 0 Å². The predicted molar refractivity (Wildman–Crippen MR) is 115 cm³/mol. The standard InChI is InChI=1S/C22H25BrN2O4/c1-14-3-8-18(13-15(14)2)24-9-11-25(12-10-24)22(29)21(28)20(27)19(26)16-4-6-17(23)7-5-16/h3-8,13,20-21,27-28H,9-12H2,1-2H3/t20-,21?/m0/s1. The van der Waals surface area contributed by atoms with E-state index < -0.39 is 23.9 Å². The molecule has 1 amide bonds. The van der Waals surface area contributed by atoms with Gasteiger partial charge >= 0.3 is 0 Å². The monoisotopic (exact) mass is 460 g/mol. The van der Waals surface area contributed by atoms with Crippen LogP contribution in [0.25, 0.3) is 0 Å². The number of aliphatic hydroxyl groups is 2. The fourth-order valence-electron chi connectivity index (χ4n) is 3.36. The Hall–Kier alpha value is -2.22. The maximum absolute atomic E-state index is 12.6. The SMILES string of the molecule is Cc1ccc(N2CCN(C(=O)C(O)[C@@H](O)C(=O)c3ccc(Br)cc3)CC2)cc1C. The molecule has 0 bridgehead atoms. The lowest BCUT2D eigenvalue weighted by molar-refractivity contribution is -0.144. The quantitative estimate of drug-likeness (QED) is 0.669. The van der Waals surface area contributed by atoms with Gasteiger partial charge in [0.05, 0.1) is 0 Å². The van der Waals surface area contributed by atoms with E-state index in [1.807, 2.05) is 0 Å². The van der Waals surface area contributed by atoms with Crippen molar-refractivity contribution in [3.05, 3.63) is 63.6 Å². The lowest BCUT2D eigenvalue weighted by Gasteiger charge is -2.37. The van der Waals surface area contributed by atoms with Crippen molar-refractivity contribution in [2.45, 2.75) is 26.1 Å². The Kier molecular flexibility index (Phi) is 6.72. The molecule has 1 heterocycles. The summed E-state index contributed by atoms with van der Waals surface area (Å²) in [6.45, 7) is 6.22. The van der Waals surface area contributed by atoms with Crippen LogP contribution < -0.4 is 4.90 Å². The Morgan fingerprint density at radius 1 is 0.897 bits per heavy atom. The van der Waals surface area contributed by atoms with Gasteiger partial charge in [-0.3, -0.25) is 9.59 Å². The van der Waals surface area contributed by atoms with Gasteiger partial charge in [-0.25, -0.2) is 0 Å². The predicted octanol–water partition coefficient (Wildman–Crippen LogP) is 2.32. The molecule has 0 aromatic heterocycles. The van der Waals surface area contributed by atoms with E-state index in [1.165, 1.54) is 28.2 Å². The highest BCUT2D eigenvalue weighted by Gasteiger charge is 2.35. The van der Waals surface area contributed by atoms with E-state index in [0.29, 0.717) is 26.2 Å². The number of aliphatic hydroxyl groups excluding tert-OH is 2. The zero-order valence-corrected chi connectivity index (χ0v) is 18.1. The zero-order chi connectivity index (χ0) is 21.1. The molecule has 29 heavy (non-hydrogen) atoms. The zero-order valence-electron chi connectivity index (χ0n) is 16.5. The molecule has 1 aliphatic rings. The number of hydrogen-bond acceptors (Lipinski definition) is 5. The third-order valence-corrected chi connectivity index (χ3v) is 5.93. The topological polar surface area (TPSA) is 81.1 Å². The lowest BCUT2D eigenvalue weighted by atomic mass is 10.0. The number of aryl methyl sites for hydroxylation is 2. The summed E-state index contributed by atoms with van der Waals surface area (Å²) in [5, 5.41) is 20.5. The minimum Gasteiger partial charge on any atom is -0.382 e. The number of carbonyl (C=O) groups is 2. The summed E-state index contributed by atoms with van der Waals surface area (Å²) in [5.41, 5.74) is 3.79. The lowest BCUT2D eigenvalue weighted by Crippen LogP contribution is -2.54. The van der Waals surface area contributed by atoms with E-state index in [-0.39, 0.29) is 5.56 Å². The number of anilines is 1. The largest absolute Gasteiger partial charge is 0.382 e. The number of rotatable bonds is 5. The molecule has 2 atom stereocenters.